The van der Waals surface area contributed by atoms with Gasteiger partial charge in [0.1, 0.15) is 0 Å². The van der Waals surface area contributed by atoms with E-state index < -0.39 is 0 Å². The first kappa shape index (κ1) is 18.3. The highest BCUT2D eigenvalue weighted by atomic mass is 79.9. The van der Waals surface area contributed by atoms with Gasteiger partial charge in [0, 0.05) is 48.6 Å². The fourth-order valence-electron chi connectivity index (χ4n) is 2.98. The van der Waals surface area contributed by atoms with Gasteiger partial charge in [-0.15, -0.1) is 11.8 Å². The van der Waals surface area contributed by atoms with Crippen LogP contribution >= 0.6 is 39.3 Å². The average molecular weight is 458 g/mol. The van der Waals surface area contributed by atoms with Crippen LogP contribution in [0.25, 0.3) is 21.5 Å². The molecule has 1 amide bonds. The van der Waals surface area contributed by atoms with Crippen molar-refractivity contribution in [3.05, 3.63) is 76.5 Å². The molecular formula is C21H14BrClN2OS. The number of pyridine rings is 1. The smallest absolute Gasteiger partial charge is 0.234 e. The van der Waals surface area contributed by atoms with Crippen molar-refractivity contribution in [3.8, 4) is 0 Å². The fourth-order valence-corrected chi connectivity index (χ4v) is 4.66. The Bertz CT molecular complexity index is 1160. The van der Waals surface area contributed by atoms with E-state index in [4.69, 9.17) is 11.6 Å². The number of rotatable bonds is 4. The van der Waals surface area contributed by atoms with Crippen LogP contribution in [0.3, 0.4) is 0 Å². The fraction of sp³-hybridized carbons (Fsp3) is 0.0476. The van der Waals surface area contributed by atoms with Crippen LogP contribution in [0.15, 0.2) is 76.4 Å². The molecule has 0 fully saturated rings. The Morgan fingerprint density at radius 3 is 2.81 bits per heavy atom. The van der Waals surface area contributed by atoms with Crippen molar-refractivity contribution in [3.63, 3.8) is 0 Å². The maximum absolute atomic E-state index is 12.5. The summed E-state index contributed by atoms with van der Waals surface area (Å²) in [4.78, 5) is 17.6. The van der Waals surface area contributed by atoms with Gasteiger partial charge in [0.05, 0.1) is 5.75 Å². The molecule has 0 aliphatic heterocycles. The minimum atomic E-state index is -0.0626. The van der Waals surface area contributed by atoms with Gasteiger partial charge in [0.25, 0.3) is 0 Å². The van der Waals surface area contributed by atoms with Gasteiger partial charge in [-0.1, -0.05) is 51.8 Å². The van der Waals surface area contributed by atoms with Gasteiger partial charge in [0.2, 0.25) is 5.91 Å². The molecule has 0 aliphatic rings. The first-order valence-electron chi connectivity index (χ1n) is 8.25. The summed E-state index contributed by atoms with van der Waals surface area (Å²) in [5.74, 6) is 0.233. The second-order valence-corrected chi connectivity index (χ2v) is 8.23. The molecule has 0 aliphatic carbocycles. The predicted molar refractivity (Wildman–Crippen MR) is 118 cm³/mol. The largest absolute Gasteiger partial charge is 0.325 e. The maximum Gasteiger partial charge on any atom is 0.234 e. The van der Waals surface area contributed by atoms with Crippen LogP contribution in [0.2, 0.25) is 5.02 Å². The molecule has 4 rings (SSSR count). The van der Waals surface area contributed by atoms with Crippen LogP contribution < -0.4 is 5.32 Å². The molecule has 134 valence electrons. The number of nitrogens with zero attached hydrogens (tertiary/aromatic N) is 1. The third-order valence-corrected chi connectivity index (χ3v) is 6.28. The van der Waals surface area contributed by atoms with E-state index in [-0.39, 0.29) is 5.91 Å². The van der Waals surface area contributed by atoms with Crippen molar-refractivity contribution in [2.45, 2.75) is 4.90 Å². The van der Waals surface area contributed by atoms with Crippen molar-refractivity contribution < 1.29 is 4.79 Å². The van der Waals surface area contributed by atoms with Crippen molar-refractivity contribution in [1.82, 2.24) is 4.98 Å². The Balaban J connectivity index is 1.55. The Morgan fingerprint density at radius 1 is 1.07 bits per heavy atom. The molecule has 1 N–H and O–H groups in total. The molecule has 0 saturated heterocycles. The molecule has 1 heterocycles. The number of fused-ring (bicyclic) bond motifs is 2. The summed E-state index contributed by atoms with van der Waals surface area (Å²) in [5.41, 5.74) is 0.791. The summed E-state index contributed by atoms with van der Waals surface area (Å²) in [6.45, 7) is 0. The lowest BCUT2D eigenvalue weighted by Gasteiger charge is -2.11. The van der Waals surface area contributed by atoms with Crippen molar-refractivity contribution in [2.75, 3.05) is 11.1 Å². The molecule has 0 saturated carbocycles. The van der Waals surface area contributed by atoms with Gasteiger partial charge in [0.15, 0.2) is 0 Å². The molecule has 3 nitrogen and oxygen atoms in total. The molecule has 6 heteroatoms. The minimum absolute atomic E-state index is 0.0626. The normalized spacial score (nSPS) is 11.0. The number of anilines is 1. The van der Waals surface area contributed by atoms with Crippen LogP contribution in [0.4, 0.5) is 5.69 Å². The molecule has 27 heavy (non-hydrogen) atoms. The van der Waals surface area contributed by atoms with Gasteiger partial charge < -0.3 is 5.32 Å². The van der Waals surface area contributed by atoms with Crippen LogP contribution in [0, 0.1) is 0 Å². The number of nitrogens with one attached hydrogen (secondary N) is 1. The zero-order chi connectivity index (χ0) is 18.8. The zero-order valence-corrected chi connectivity index (χ0v) is 17.2. The molecule has 0 unspecified atom stereocenters. The van der Waals surface area contributed by atoms with Gasteiger partial charge in [-0.25, -0.2) is 0 Å². The third-order valence-electron chi connectivity index (χ3n) is 4.21. The van der Waals surface area contributed by atoms with Gasteiger partial charge in [-0.2, -0.15) is 0 Å². The number of amides is 1. The van der Waals surface area contributed by atoms with E-state index in [9.17, 15) is 4.79 Å². The van der Waals surface area contributed by atoms with Crippen LogP contribution in [-0.2, 0) is 4.79 Å². The number of aromatic nitrogens is 1. The SMILES string of the molecule is O=C(CSc1ccc(Br)c2cccc(Cl)c12)Nc1cccc2cnccc12. The van der Waals surface area contributed by atoms with Gasteiger partial charge >= 0.3 is 0 Å². The lowest BCUT2D eigenvalue weighted by Crippen LogP contribution is -2.14. The Morgan fingerprint density at radius 2 is 1.93 bits per heavy atom. The third kappa shape index (κ3) is 3.81. The molecular weight excluding hydrogens is 444 g/mol. The van der Waals surface area contributed by atoms with Gasteiger partial charge in [-0.05, 0) is 35.7 Å². The topological polar surface area (TPSA) is 42.0 Å². The van der Waals surface area contributed by atoms with Crippen LogP contribution in [0.5, 0.6) is 0 Å². The number of hydrogen-bond acceptors (Lipinski definition) is 3. The average Bonchev–Trinajstić information content (AvgIpc) is 2.68. The second kappa shape index (κ2) is 7.89. The summed E-state index contributed by atoms with van der Waals surface area (Å²) >= 11 is 11.4. The van der Waals surface area contributed by atoms with Crippen LogP contribution in [-0.4, -0.2) is 16.6 Å². The first-order chi connectivity index (χ1) is 13.1. The van der Waals surface area contributed by atoms with E-state index in [0.29, 0.717) is 10.8 Å². The summed E-state index contributed by atoms with van der Waals surface area (Å²) in [5, 5.41) is 7.64. The molecule has 0 atom stereocenters. The standard InChI is InChI=1S/C21H14BrClN2OS/c22-16-7-8-19(21-15(16)4-2-5-17(21)23)27-12-20(26)25-18-6-1-3-13-11-24-10-9-14(13)18/h1-11H,12H2,(H,25,26). The monoisotopic (exact) mass is 456 g/mol. The van der Waals surface area contributed by atoms with E-state index in [2.05, 4.69) is 26.2 Å². The van der Waals surface area contributed by atoms with E-state index in [1.54, 1.807) is 12.4 Å². The van der Waals surface area contributed by atoms with Crippen molar-refractivity contribution in [1.29, 1.82) is 0 Å². The van der Waals surface area contributed by atoms with E-state index in [0.717, 1.165) is 36.6 Å². The molecule has 0 spiro atoms. The van der Waals surface area contributed by atoms with E-state index in [1.165, 1.54) is 11.8 Å². The zero-order valence-electron chi connectivity index (χ0n) is 14.1. The highest BCUT2D eigenvalue weighted by Gasteiger charge is 2.11. The Kier molecular flexibility index (Phi) is 5.34. The maximum atomic E-state index is 12.5. The number of benzene rings is 3. The number of halogens is 2. The Labute approximate surface area is 174 Å². The highest BCUT2D eigenvalue weighted by molar-refractivity contribution is 9.10. The Hall–Kier alpha value is -2.08. The number of carbonyl (C=O) groups excluding carboxylic acids is 1. The number of carbonyl (C=O) groups is 1. The van der Waals surface area contributed by atoms with Crippen molar-refractivity contribution in [2.24, 2.45) is 0 Å². The lowest BCUT2D eigenvalue weighted by atomic mass is 10.1. The number of hydrogen-bond donors (Lipinski definition) is 1. The molecule has 3 aromatic carbocycles. The molecule has 1 aromatic heterocycles. The summed E-state index contributed by atoms with van der Waals surface area (Å²) in [7, 11) is 0. The molecule has 0 radical (unpaired) electrons. The summed E-state index contributed by atoms with van der Waals surface area (Å²) in [6.07, 6.45) is 3.51. The lowest BCUT2D eigenvalue weighted by molar-refractivity contribution is -0.113. The van der Waals surface area contributed by atoms with E-state index in [1.807, 2.05) is 54.6 Å². The minimum Gasteiger partial charge on any atom is -0.325 e. The van der Waals surface area contributed by atoms with Crippen LogP contribution in [0.1, 0.15) is 0 Å². The van der Waals surface area contributed by atoms with E-state index >= 15 is 0 Å². The predicted octanol–water partition coefficient (Wildman–Crippen LogP) is 6.53. The second-order valence-electron chi connectivity index (χ2n) is 5.95. The summed E-state index contributed by atoms with van der Waals surface area (Å²) in [6, 6.07) is 17.5. The first-order valence-corrected chi connectivity index (χ1v) is 10.4. The van der Waals surface area contributed by atoms with Crippen molar-refractivity contribution >= 4 is 72.4 Å². The summed E-state index contributed by atoms with van der Waals surface area (Å²) < 4.78 is 0.984. The van der Waals surface area contributed by atoms with Gasteiger partial charge in [-0.3, -0.25) is 9.78 Å². The molecule has 4 aromatic rings. The number of thioether (sulfide) groups is 1. The highest BCUT2D eigenvalue weighted by Crippen LogP contribution is 2.37. The molecule has 0 bridgehead atoms. The quantitative estimate of drug-likeness (QED) is 0.354.